The van der Waals surface area contributed by atoms with E-state index in [1.807, 2.05) is 0 Å². The van der Waals surface area contributed by atoms with Crippen molar-refractivity contribution in [1.82, 2.24) is 0 Å². The Bertz CT molecular complexity index is 363. The lowest BCUT2D eigenvalue weighted by Gasteiger charge is -2.13. The van der Waals surface area contributed by atoms with Crippen LogP contribution in [0.2, 0.25) is 5.02 Å². The van der Waals surface area contributed by atoms with E-state index < -0.39 is 17.7 Å². The first-order valence-electron chi connectivity index (χ1n) is 4.50. The topological polar surface area (TPSA) is 26.0 Å². The van der Waals surface area contributed by atoms with Crippen molar-refractivity contribution in [3.05, 3.63) is 34.4 Å². The second-order valence-electron chi connectivity index (χ2n) is 3.62. The van der Waals surface area contributed by atoms with Crippen LogP contribution in [0.5, 0.6) is 0 Å². The van der Waals surface area contributed by atoms with Gasteiger partial charge in [-0.3, -0.25) is 0 Å². The third-order valence-corrected chi connectivity index (χ3v) is 2.83. The van der Waals surface area contributed by atoms with E-state index in [1.165, 1.54) is 6.07 Å². The van der Waals surface area contributed by atoms with E-state index in [4.69, 9.17) is 17.3 Å². The molecule has 1 nitrogen and oxygen atoms in total. The zero-order valence-electron chi connectivity index (χ0n) is 7.43. The molecule has 1 aliphatic carbocycles. The third kappa shape index (κ3) is 1.62. The second kappa shape index (κ2) is 3.48. The minimum absolute atomic E-state index is 0.0694. The summed E-state index contributed by atoms with van der Waals surface area (Å²) in [4.78, 5) is 0. The summed E-state index contributed by atoms with van der Waals surface area (Å²) < 4.78 is 26.7. The van der Waals surface area contributed by atoms with Crippen molar-refractivity contribution < 1.29 is 8.78 Å². The maximum atomic E-state index is 13.4. The lowest BCUT2D eigenvalue weighted by molar-refractivity contribution is 0.504. The molecule has 1 fully saturated rings. The van der Waals surface area contributed by atoms with Crippen molar-refractivity contribution in [1.29, 1.82) is 0 Å². The van der Waals surface area contributed by atoms with Gasteiger partial charge in [-0.2, -0.15) is 0 Å². The number of hydrogen-bond acceptors (Lipinski definition) is 1. The summed E-state index contributed by atoms with van der Waals surface area (Å²) >= 11 is 5.56. The maximum Gasteiger partial charge on any atom is 0.149 e. The molecule has 0 amide bonds. The zero-order chi connectivity index (χ0) is 10.3. The Labute approximate surface area is 85.9 Å². The zero-order valence-corrected chi connectivity index (χ0v) is 8.19. The number of halogens is 3. The lowest BCUT2D eigenvalue weighted by atomic mass is 10.0. The van der Waals surface area contributed by atoms with Crippen LogP contribution in [0.1, 0.15) is 24.4 Å². The Balaban J connectivity index is 2.43. The molecule has 0 heterocycles. The highest BCUT2D eigenvalue weighted by Crippen LogP contribution is 2.41. The molecule has 0 spiro atoms. The van der Waals surface area contributed by atoms with E-state index in [1.54, 1.807) is 0 Å². The largest absolute Gasteiger partial charge is 0.324 e. The van der Waals surface area contributed by atoms with Crippen LogP contribution in [-0.4, -0.2) is 0 Å². The molecule has 0 aliphatic heterocycles. The summed E-state index contributed by atoms with van der Waals surface area (Å²) in [7, 11) is 0. The Morgan fingerprint density at radius 3 is 2.57 bits per heavy atom. The molecular formula is C10H10ClF2N. The monoisotopic (exact) mass is 217 g/mol. The van der Waals surface area contributed by atoms with Gasteiger partial charge in [0.1, 0.15) is 11.6 Å². The average Bonchev–Trinajstić information content (AvgIpc) is 2.95. The normalized spacial score (nSPS) is 18.3. The standard InChI is InChI=1S/C10H10ClF2N/c11-6-3-4-7(12)8(9(6)13)10(14)5-1-2-5/h3-5,10H,1-2,14H2/t10-/m0/s1. The van der Waals surface area contributed by atoms with Gasteiger partial charge in [0.2, 0.25) is 0 Å². The Hall–Kier alpha value is -0.670. The van der Waals surface area contributed by atoms with Gasteiger partial charge in [0, 0.05) is 11.6 Å². The van der Waals surface area contributed by atoms with E-state index in [0.29, 0.717) is 0 Å². The fourth-order valence-corrected chi connectivity index (χ4v) is 1.70. The van der Waals surface area contributed by atoms with Crippen LogP contribution in [0.25, 0.3) is 0 Å². The van der Waals surface area contributed by atoms with Crippen molar-refractivity contribution in [3.63, 3.8) is 0 Å². The van der Waals surface area contributed by atoms with Gasteiger partial charge in [0.15, 0.2) is 0 Å². The molecule has 76 valence electrons. The average molecular weight is 218 g/mol. The van der Waals surface area contributed by atoms with Gasteiger partial charge >= 0.3 is 0 Å². The van der Waals surface area contributed by atoms with Crippen molar-refractivity contribution in [2.24, 2.45) is 11.7 Å². The predicted octanol–water partition coefficient (Wildman–Crippen LogP) is 3.03. The smallest absolute Gasteiger partial charge is 0.149 e. The number of rotatable bonds is 2. The number of benzene rings is 1. The van der Waals surface area contributed by atoms with Crippen molar-refractivity contribution >= 4 is 11.6 Å². The third-order valence-electron chi connectivity index (χ3n) is 2.54. The fourth-order valence-electron chi connectivity index (χ4n) is 1.54. The van der Waals surface area contributed by atoms with Gasteiger partial charge in [-0.25, -0.2) is 8.78 Å². The van der Waals surface area contributed by atoms with Gasteiger partial charge in [0.25, 0.3) is 0 Å². The van der Waals surface area contributed by atoms with Crippen molar-refractivity contribution in [3.8, 4) is 0 Å². The van der Waals surface area contributed by atoms with Crippen LogP contribution in [0.15, 0.2) is 12.1 Å². The molecular weight excluding hydrogens is 208 g/mol. The van der Waals surface area contributed by atoms with Crippen LogP contribution < -0.4 is 5.73 Å². The van der Waals surface area contributed by atoms with Gasteiger partial charge in [-0.05, 0) is 30.9 Å². The molecule has 2 rings (SSSR count). The summed E-state index contributed by atoms with van der Waals surface area (Å²) in [6.07, 6.45) is 1.87. The molecule has 0 radical (unpaired) electrons. The summed E-state index contributed by atoms with van der Waals surface area (Å²) in [5, 5.41) is -0.0718. The SMILES string of the molecule is N[C@H](c1c(F)ccc(Cl)c1F)C1CC1. The molecule has 2 N–H and O–H groups in total. The Morgan fingerprint density at radius 2 is 2.00 bits per heavy atom. The minimum atomic E-state index is -0.717. The van der Waals surface area contributed by atoms with Crippen LogP contribution in [0.3, 0.4) is 0 Å². The molecule has 0 saturated heterocycles. The van der Waals surface area contributed by atoms with E-state index in [2.05, 4.69) is 0 Å². The highest BCUT2D eigenvalue weighted by atomic mass is 35.5. The molecule has 1 atom stereocenters. The maximum absolute atomic E-state index is 13.4. The molecule has 1 aliphatic rings. The van der Waals surface area contributed by atoms with Crippen LogP contribution in [-0.2, 0) is 0 Å². The van der Waals surface area contributed by atoms with Gasteiger partial charge in [0.05, 0.1) is 5.02 Å². The second-order valence-corrected chi connectivity index (χ2v) is 4.03. The van der Waals surface area contributed by atoms with E-state index in [-0.39, 0.29) is 16.5 Å². The quantitative estimate of drug-likeness (QED) is 0.758. The lowest BCUT2D eigenvalue weighted by Crippen LogP contribution is -2.16. The van der Waals surface area contributed by atoms with Gasteiger partial charge in [-0.1, -0.05) is 11.6 Å². The van der Waals surface area contributed by atoms with Crippen LogP contribution in [0, 0.1) is 17.6 Å². The molecule has 1 saturated carbocycles. The predicted molar refractivity (Wildman–Crippen MR) is 51.0 cm³/mol. The molecule has 4 heteroatoms. The van der Waals surface area contributed by atoms with Crippen LogP contribution in [0.4, 0.5) is 8.78 Å². The molecule has 0 unspecified atom stereocenters. The summed E-state index contributed by atoms with van der Waals surface area (Å²) in [6.45, 7) is 0. The van der Waals surface area contributed by atoms with E-state index in [9.17, 15) is 8.78 Å². The number of nitrogens with two attached hydrogens (primary N) is 1. The summed E-state index contributed by atoms with van der Waals surface area (Å²) in [5.41, 5.74) is 5.66. The highest BCUT2D eigenvalue weighted by molar-refractivity contribution is 6.30. The molecule has 14 heavy (non-hydrogen) atoms. The van der Waals surface area contributed by atoms with E-state index in [0.717, 1.165) is 18.9 Å². The number of hydrogen-bond donors (Lipinski definition) is 1. The van der Waals surface area contributed by atoms with Crippen molar-refractivity contribution in [2.75, 3.05) is 0 Å². The van der Waals surface area contributed by atoms with Crippen molar-refractivity contribution in [2.45, 2.75) is 18.9 Å². The fraction of sp³-hybridized carbons (Fsp3) is 0.400. The van der Waals surface area contributed by atoms with Crippen LogP contribution >= 0.6 is 11.6 Å². The Morgan fingerprint density at radius 1 is 1.36 bits per heavy atom. The summed E-state index contributed by atoms with van der Waals surface area (Å²) in [6, 6.07) is 1.80. The molecule has 0 bridgehead atoms. The first-order chi connectivity index (χ1) is 6.61. The minimum Gasteiger partial charge on any atom is -0.324 e. The highest BCUT2D eigenvalue weighted by Gasteiger charge is 2.33. The first-order valence-corrected chi connectivity index (χ1v) is 4.88. The molecule has 1 aromatic carbocycles. The van der Waals surface area contributed by atoms with E-state index >= 15 is 0 Å². The molecule has 1 aromatic rings. The van der Waals surface area contributed by atoms with Gasteiger partial charge in [-0.15, -0.1) is 0 Å². The first kappa shape index (κ1) is 9.87. The molecule has 0 aromatic heterocycles. The van der Waals surface area contributed by atoms with Gasteiger partial charge < -0.3 is 5.73 Å². The summed E-state index contributed by atoms with van der Waals surface area (Å²) in [5.74, 6) is -1.12. The Kier molecular flexibility index (Phi) is 2.45.